The lowest BCUT2D eigenvalue weighted by Gasteiger charge is -2.13. The van der Waals surface area contributed by atoms with Gasteiger partial charge in [0.25, 0.3) is 0 Å². The van der Waals surface area contributed by atoms with Crippen molar-refractivity contribution in [3.05, 3.63) is 58.1 Å². The van der Waals surface area contributed by atoms with Gasteiger partial charge in [-0.05, 0) is 29.3 Å². The lowest BCUT2D eigenvalue weighted by atomic mass is 10.0. The molecule has 0 spiro atoms. The van der Waals surface area contributed by atoms with Crippen LogP contribution < -0.4 is 9.47 Å². The van der Waals surface area contributed by atoms with E-state index in [1.807, 2.05) is 0 Å². The Hall–Kier alpha value is -1.85. The van der Waals surface area contributed by atoms with Gasteiger partial charge in [0.05, 0.1) is 11.1 Å². The molecule has 2 aromatic carbocycles. The molecule has 21 heavy (non-hydrogen) atoms. The molecular weight excluding hydrogens is 302 g/mol. The van der Waals surface area contributed by atoms with Crippen molar-refractivity contribution in [3.63, 3.8) is 0 Å². The first-order valence-corrected chi connectivity index (χ1v) is 6.63. The Morgan fingerprint density at radius 1 is 1.19 bits per heavy atom. The van der Waals surface area contributed by atoms with Crippen LogP contribution in [0.25, 0.3) is 0 Å². The van der Waals surface area contributed by atoms with Gasteiger partial charge in [-0.15, -0.1) is 0 Å². The van der Waals surface area contributed by atoms with E-state index in [2.05, 4.69) is 0 Å². The zero-order valence-corrected chi connectivity index (χ0v) is 11.5. The molecule has 2 aromatic rings. The van der Waals surface area contributed by atoms with E-state index in [4.69, 9.17) is 21.1 Å². The number of benzene rings is 2. The molecule has 0 radical (unpaired) electrons. The number of hydrogen-bond acceptors (Lipinski definition) is 3. The van der Waals surface area contributed by atoms with Crippen molar-refractivity contribution >= 4 is 11.6 Å². The van der Waals surface area contributed by atoms with Crippen molar-refractivity contribution in [1.29, 1.82) is 0 Å². The summed E-state index contributed by atoms with van der Waals surface area (Å²) in [5.74, 6) is -0.477. The van der Waals surface area contributed by atoms with E-state index in [0.717, 1.165) is 12.1 Å². The Bertz CT molecular complexity index is 691. The van der Waals surface area contributed by atoms with Crippen LogP contribution in [0, 0.1) is 11.6 Å². The molecule has 0 aromatic heterocycles. The fourth-order valence-corrected chi connectivity index (χ4v) is 2.47. The van der Waals surface area contributed by atoms with Gasteiger partial charge in [0.1, 0.15) is 11.6 Å². The maximum absolute atomic E-state index is 13.6. The summed E-state index contributed by atoms with van der Waals surface area (Å²) in [5, 5.41) is 10.5. The predicted molar refractivity (Wildman–Crippen MR) is 72.6 cm³/mol. The Morgan fingerprint density at radius 3 is 2.76 bits per heavy atom. The van der Waals surface area contributed by atoms with E-state index in [-0.39, 0.29) is 18.8 Å². The summed E-state index contributed by atoms with van der Waals surface area (Å²) in [4.78, 5) is 0. The molecule has 110 valence electrons. The van der Waals surface area contributed by atoms with Crippen LogP contribution in [-0.2, 0) is 6.42 Å². The van der Waals surface area contributed by atoms with Gasteiger partial charge in [0.2, 0.25) is 6.79 Å². The Balaban J connectivity index is 1.85. The van der Waals surface area contributed by atoms with Crippen LogP contribution in [0.1, 0.15) is 17.2 Å². The number of fused-ring (bicyclic) bond motifs is 1. The molecule has 3 rings (SSSR count). The number of ether oxygens (including phenoxy) is 2. The van der Waals surface area contributed by atoms with Crippen molar-refractivity contribution in [1.82, 2.24) is 0 Å². The summed E-state index contributed by atoms with van der Waals surface area (Å²) in [6.45, 7) is 0.0706. The first kappa shape index (κ1) is 14.1. The normalized spacial score (nSPS) is 14.3. The SMILES string of the molecule is OC(Cc1ccc(F)cc1F)c1cc(Cl)c2c(c1)OCO2. The maximum Gasteiger partial charge on any atom is 0.231 e. The summed E-state index contributed by atoms with van der Waals surface area (Å²) in [5.41, 5.74) is 0.700. The largest absolute Gasteiger partial charge is 0.454 e. The highest BCUT2D eigenvalue weighted by Crippen LogP contribution is 2.41. The summed E-state index contributed by atoms with van der Waals surface area (Å²) in [7, 11) is 0. The molecule has 1 heterocycles. The number of rotatable bonds is 3. The molecule has 1 unspecified atom stereocenters. The zero-order valence-electron chi connectivity index (χ0n) is 10.8. The summed E-state index contributed by atoms with van der Waals surface area (Å²) >= 11 is 6.03. The second-order valence-electron chi connectivity index (χ2n) is 4.69. The van der Waals surface area contributed by atoms with Gasteiger partial charge in [-0.3, -0.25) is 0 Å². The van der Waals surface area contributed by atoms with Crippen LogP contribution in [0.2, 0.25) is 5.02 Å². The van der Waals surface area contributed by atoms with Gasteiger partial charge in [0, 0.05) is 12.5 Å². The first-order valence-electron chi connectivity index (χ1n) is 6.25. The zero-order chi connectivity index (χ0) is 15.0. The fourth-order valence-electron chi connectivity index (χ4n) is 2.19. The van der Waals surface area contributed by atoms with Crippen LogP contribution in [0.4, 0.5) is 8.78 Å². The molecular formula is C15H11ClF2O3. The third-order valence-electron chi connectivity index (χ3n) is 3.26. The maximum atomic E-state index is 13.6. The lowest BCUT2D eigenvalue weighted by molar-refractivity contribution is 0.171. The summed E-state index contributed by atoms with van der Waals surface area (Å²) in [6.07, 6.45) is -0.987. The van der Waals surface area contributed by atoms with Gasteiger partial charge in [-0.1, -0.05) is 17.7 Å². The number of aliphatic hydroxyl groups excluding tert-OH is 1. The second-order valence-corrected chi connectivity index (χ2v) is 5.10. The molecule has 0 saturated carbocycles. The molecule has 0 fully saturated rings. The van der Waals surface area contributed by atoms with E-state index in [1.165, 1.54) is 6.07 Å². The van der Waals surface area contributed by atoms with Crippen molar-refractivity contribution in [2.75, 3.05) is 6.79 Å². The van der Waals surface area contributed by atoms with E-state index < -0.39 is 17.7 Å². The quantitative estimate of drug-likeness (QED) is 0.940. The summed E-state index contributed by atoms with van der Waals surface area (Å²) in [6, 6.07) is 6.39. The fraction of sp³-hybridized carbons (Fsp3) is 0.200. The van der Waals surface area contributed by atoms with E-state index in [1.54, 1.807) is 12.1 Å². The minimum atomic E-state index is -0.989. The van der Waals surface area contributed by atoms with Gasteiger partial charge in [-0.2, -0.15) is 0 Å². The highest BCUT2D eigenvalue weighted by Gasteiger charge is 2.21. The average molecular weight is 313 g/mol. The molecule has 3 nitrogen and oxygen atoms in total. The van der Waals surface area contributed by atoms with Crippen molar-refractivity contribution in [3.8, 4) is 11.5 Å². The number of hydrogen-bond donors (Lipinski definition) is 1. The van der Waals surface area contributed by atoms with Crippen LogP contribution >= 0.6 is 11.6 Å². The van der Waals surface area contributed by atoms with Gasteiger partial charge in [0.15, 0.2) is 11.5 Å². The molecule has 0 aliphatic carbocycles. The average Bonchev–Trinajstić information content (AvgIpc) is 2.90. The third-order valence-corrected chi connectivity index (χ3v) is 3.54. The van der Waals surface area contributed by atoms with E-state index in [0.29, 0.717) is 22.1 Å². The number of aliphatic hydroxyl groups is 1. The molecule has 1 atom stereocenters. The van der Waals surface area contributed by atoms with E-state index >= 15 is 0 Å². The standard InChI is InChI=1S/C15H11ClF2O3/c16-11-3-9(5-14-15(11)21-7-20-14)13(19)4-8-1-2-10(17)6-12(8)18/h1-3,5-6,13,19H,4,7H2. The van der Waals surface area contributed by atoms with Crippen LogP contribution in [-0.4, -0.2) is 11.9 Å². The highest BCUT2D eigenvalue weighted by molar-refractivity contribution is 6.32. The van der Waals surface area contributed by atoms with Crippen molar-refractivity contribution in [2.45, 2.75) is 12.5 Å². The molecule has 0 bridgehead atoms. The molecule has 0 saturated heterocycles. The minimum absolute atomic E-state index is 0.00207. The molecule has 6 heteroatoms. The van der Waals surface area contributed by atoms with Crippen LogP contribution in [0.5, 0.6) is 11.5 Å². The Morgan fingerprint density at radius 2 is 2.00 bits per heavy atom. The smallest absolute Gasteiger partial charge is 0.231 e. The van der Waals surface area contributed by atoms with Crippen LogP contribution in [0.3, 0.4) is 0 Å². The second kappa shape index (κ2) is 5.50. The monoisotopic (exact) mass is 312 g/mol. The van der Waals surface area contributed by atoms with Gasteiger partial charge in [-0.25, -0.2) is 8.78 Å². The Kier molecular flexibility index (Phi) is 3.69. The molecule has 0 amide bonds. The lowest BCUT2D eigenvalue weighted by Crippen LogP contribution is -2.04. The van der Waals surface area contributed by atoms with Gasteiger partial charge >= 0.3 is 0 Å². The van der Waals surface area contributed by atoms with Crippen molar-refractivity contribution < 1.29 is 23.4 Å². The first-order chi connectivity index (χ1) is 10.0. The highest BCUT2D eigenvalue weighted by atomic mass is 35.5. The van der Waals surface area contributed by atoms with E-state index in [9.17, 15) is 13.9 Å². The molecule has 1 aliphatic heterocycles. The summed E-state index contributed by atoms with van der Waals surface area (Å²) < 4.78 is 36.9. The predicted octanol–water partition coefficient (Wildman–Crippen LogP) is 3.62. The van der Waals surface area contributed by atoms with Crippen molar-refractivity contribution in [2.24, 2.45) is 0 Å². The van der Waals surface area contributed by atoms with Gasteiger partial charge < -0.3 is 14.6 Å². The Labute approximate surface area is 124 Å². The number of halogens is 3. The minimum Gasteiger partial charge on any atom is -0.454 e. The topological polar surface area (TPSA) is 38.7 Å². The third kappa shape index (κ3) is 2.80. The molecule has 1 N–H and O–H groups in total. The van der Waals surface area contributed by atoms with Crippen LogP contribution in [0.15, 0.2) is 30.3 Å². The molecule has 1 aliphatic rings.